The second-order valence-corrected chi connectivity index (χ2v) is 7.09. The van der Waals surface area contributed by atoms with Gasteiger partial charge in [0.1, 0.15) is 28.6 Å². The van der Waals surface area contributed by atoms with E-state index < -0.39 is 4.92 Å². The highest BCUT2D eigenvalue weighted by Gasteiger charge is 2.32. The molecule has 4 rings (SSSR count). The van der Waals surface area contributed by atoms with Crippen LogP contribution in [0.15, 0.2) is 52.6 Å². The van der Waals surface area contributed by atoms with E-state index in [0.29, 0.717) is 39.4 Å². The zero-order valence-electron chi connectivity index (χ0n) is 16.2. The fourth-order valence-corrected chi connectivity index (χ4v) is 3.60. The number of aryl methyl sites for hydroxylation is 1. The van der Waals surface area contributed by atoms with Crippen LogP contribution in [-0.2, 0) is 11.3 Å². The van der Waals surface area contributed by atoms with Crippen LogP contribution >= 0.6 is 12.2 Å². The molecule has 0 radical (unpaired) electrons. The number of para-hydroxylation sites is 1. The molecule has 3 heterocycles. The van der Waals surface area contributed by atoms with Crippen molar-refractivity contribution in [3.8, 4) is 0 Å². The van der Waals surface area contributed by atoms with Crippen molar-refractivity contribution < 1.29 is 14.1 Å². The van der Waals surface area contributed by atoms with Crippen LogP contribution in [0.4, 0.5) is 11.4 Å². The third-order valence-corrected chi connectivity index (χ3v) is 4.98. The van der Waals surface area contributed by atoms with Gasteiger partial charge in [0, 0.05) is 6.08 Å². The molecule has 1 fully saturated rings. The Morgan fingerprint density at radius 3 is 2.63 bits per heavy atom. The Hall–Kier alpha value is -3.79. The maximum atomic E-state index is 12.8. The van der Waals surface area contributed by atoms with Crippen LogP contribution in [-0.4, -0.2) is 25.7 Å². The Kier molecular flexibility index (Phi) is 4.92. The second-order valence-electron chi connectivity index (χ2n) is 6.70. The van der Waals surface area contributed by atoms with Gasteiger partial charge in [0.05, 0.1) is 17.2 Å². The van der Waals surface area contributed by atoms with Gasteiger partial charge in [-0.25, -0.2) is 0 Å². The Bertz CT molecular complexity index is 1200. The average molecular weight is 423 g/mol. The van der Waals surface area contributed by atoms with Gasteiger partial charge in [-0.05, 0) is 50.3 Å². The molecule has 0 bridgehead atoms. The van der Waals surface area contributed by atoms with E-state index in [-0.39, 0.29) is 18.1 Å². The number of carbonyl (C=O) groups is 1. The van der Waals surface area contributed by atoms with E-state index >= 15 is 0 Å². The molecule has 1 amide bonds. The van der Waals surface area contributed by atoms with Crippen LogP contribution in [0.25, 0.3) is 6.08 Å². The molecular weight excluding hydrogens is 406 g/mol. The molecule has 9 nitrogen and oxygen atoms in total. The number of nitro groups is 1. The number of benzene rings is 1. The van der Waals surface area contributed by atoms with E-state index in [2.05, 4.69) is 10.4 Å². The summed E-state index contributed by atoms with van der Waals surface area (Å²) in [7, 11) is 0. The number of hydrogen-bond donors (Lipinski definition) is 1. The summed E-state index contributed by atoms with van der Waals surface area (Å²) in [6.45, 7) is 3.47. The van der Waals surface area contributed by atoms with Crippen LogP contribution in [0.5, 0.6) is 0 Å². The van der Waals surface area contributed by atoms with Crippen molar-refractivity contribution in [3.05, 3.63) is 81.2 Å². The number of carbonyl (C=O) groups excluding carboxylic acids is 1. The molecule has 0 saturated carbocycles. The minimum Gasteiger partial charge on any atom is -0.460 e. The Morgan fingerprint density at radius 2 is 1.97 bits per heavy atom. The predicted octanol–water partition coefficient (Wildman–Crippen LogP) is 3.31. The van der Waals surface area contributed by atoms with Crippen molar-refractivity contribution in [2.75, 3.05) is 4.90 Å². The van der Waals surface area contributed by atoms with Crippen molar-refractivity contribution >= 4 is 40.7 Å². The molecular formula is C20H17N5O4S. The predicted molar refractivity (Wildman–Crippen MR) is 114 cm³/mol. The summed E-state index contributed by atoms with van der Waals surface area (Å²) in [5, 5.41) is 18.6. The summed E-state index contributed by atoms with van der Waals surface area (Å²) in [5.41, 5.74) is 1.77. The first-order chi connectivity index (χ1) is 14.3. The van der Waals surface area contributed by atoms with Gasteiger partial charge in [-0.2, -0.15) is 5.10 Å². The number of aromatic nitrogens is 2. The lowest BCUT2D eigenvalue weighted by Gasteiger charge is -2.13. The molecule has 0 atom stereocenters. The molecule has 1 saturated heterocycles. The molecule has 2 aromatic heterocycles. The van der Waals surface area contributed by atoms with Crippen molar-refractivity contribution in [1.82, 2.24) is 15.1 Å². The van der Waals surface area contributed by atoms with Gasteiger partial charge >= 0.3 is 5.69 Å². The maximum absolute atomic E-state index is 12.8. The smallest absolute Gasteiger partial charge is 0.312 e. The maximum Gasteiger partial charge on any atom is 0.312 e. The molecule has 0 aliphatic carbocycles. The SMILES string of the molecule is Cc1nn(Cc2ccc(/C=C3/NC(=S)N(c4ccccc4)C3=O)o2)c(C)c1[N+](=O)[O-]. The molecule has 152 valence electrons. The summed E-state index contributed by atoms with van der Waals surface area (Å²) in [4.78, 5) is 24.9. The second kappa shape index (κ2) is 7.56. The van der Waals surface area contributed by atoms with E-state index in [9.17, 15) is 14.9 Å². The summed E-state index contributed by atoms with van der Waals surface area (Å²) in [5.74, 6) is 0.725. The van der Waals surface area contributed by atoms with Gasteiger partial charge in [-0.3, -0.25) is 24.5 Å². The third kappa shape index (κ3) is 3.48. The number of furan rings is 1. The highest BCUT2D eigenvalue weighted by atomic mass is 32.1. The zero-order chi connectivity index (χ0) is 21.4. The van der Waals surface area contributed by atoms with Crippen LogP contribution in [0.1, 0.15) is 22.9 Å². The number of rotatable bonds is 5. The Balaban J connectivity index is 1.55. The van der Waals surface area contributed by atoms with Crippen LogP contribution < -0.4 is 10.2 Å². The standard InChI is InChI=1S/C20H17N5O4S/c1-12-18(25(27)28)13(2)23(22-12)11-16-9-8-15(29-16)10-17-19(26)24(20(30)21-17)14-6-4-3-5-7-14/h3-10H,11H2,1-2H3,(H,21,30)/b17-10+. The number of amides is 1. The van der Waals surface area contributed by atoms with E-state index in [0.717, 1.165) is 0 Å². The summed E-state index contributed by atoms with van der Waals surface area (Å²) < 4.78 is 7.30. The molecule has 0 spiro atoms. The number of hydrogen-bond acceptors (Lipinski definition) is 6. The molecule has 3 aromatic rings. The number of nitrogens with one attached hydrogen (secondary N) is 1. The van der Waals surface area contributed by atoms with Crippen molar-refractivity contribution in [2.45, 2.75) is 20.4 Å². The van der Waals surface area contributed by atoms with E-state index in [4.69, 9.17) is 16.6 Å². The molecule has 10 heteroatoms. The summed E-state index contributed by atoms with van der Waals surface area (Å²) >= 11 is 5.29. The van der Waals surface area contributed by atoms with Crippen LogP contribution in [0, 0.1) is 24.0 Å². The molecule has 0 unspecified atom stereocenters. The van der Waals surface area contributed by atoms with Gasteiger partial charge in [0.15, 0.2) is 5.11 Å². The number of nitrogens with zero attached hydrogens (tertiary/aromatic N) is 4. The minimum absolute atomic E-state index is 0.000772. The largest absolute Gasteiger partial charge is 0.460 e. The zero-order valence-corrected chi connectivity index (χ0v) is 17.0. The fraction of sp³-hybridized carbons (Fsp3) is 0.150. The van der Waals surface area contributed by atoms with Crippen molar-refractivity contribution in [2.24, 2.45) is 0 Å². The first kappa shape index (κ1) is 19.5. The topological polar surface area (TPSA) is 106 Å². The van der Waals surface area contributed by atoms with Gasteiger partial charge in [-0.1, -0.05) is 18.2 Å². The highest BCUT2D eigenvalue weighted by Crippen LogP contribution is 2.25. The van der Waals surface area contributed by atoms with Gasteiger partial charge < -0.3 is 9.73 Å². The van der Waals surface area contributed by atoms with E-state index in [1.54, 1.807) is 44.2 Å². The number of anilines is 1. The van der Waals surface area contributed by atoms with Crippen LogP contribution in [0.3, 0.4) is 0 Å². The summed E-state index contributed by atoms with van der Waals surface area (Å²) in [6, 6.07) is 12.6. The lowest BCUT2D eigenvalue weighted by molar-refractivity contribution is -0.386. The van der Waals surface area contributed by atoms with Gasteiger partial charge in [0.25, 0.3) is 5.91 Å². The minimum atomic E-state index is -0.440. The lowest BCUT2D eigenvalue weighted by Crippen LogP contribution is -2.30. The van der Waals surface area contributed by atoms with E-state index in [1.807, 2.05) is 18.2 Å². The molecule has 1 aliphatic rings. The van der Waals surface area contributed by atoms with Gasteiger partial charge in [0.2, 0.25) is 0 Å². The first-order valence-corrected chi connectivity index (χ1v) is 9.45. The molecule has 1 N–H and O–H groups in total. The monoisotopic (exact) mass is 423 g/mol. The quantitative estimate of drug-likeness (QED) is 0.290. The molecule has 1 aliphatic heterocycles. The van der Waals surface area contributed by atoms with Gasteiger partial charge in [-0.15, -0.1) is 0 Å². The third-order valence-electron chi connectivity index (χ3n) is 4.69. The van der Waals surface area contributed by atoms with Crippen molar-refractivity contribution in [1.29, 1.82) is 0 Å². The lowest BCUT2D eigenvalue weighted by atomic mass is 10.3. The average Bonchev–Trinajstić information content (AvgIpc) is 3.33. The first-order valence-electron chi connectivity index (χ1n) is 9.04. The Morgan fingerprint density at radius 1 is 1.23 bits per heavy atom. The van der Waals surface area contributed by atoms with E-state index in [1.165, 1.54) is 9.58 Å². The highest BCUT2D eigenvalue weighted by molar-refractivity contribution is 7.80. The molecule has 1 aromatic carbocycles. The fourth-order valence-electron chi connectivity index (χ4n) is 3.30. The molecule has 30 heavy (non-hydrogen) atoms. The normalized spacial score (nSPS) is 15.1. The van der Waals surface area contributed by atoms with Crippen LogP contribution in [0.2, 0.25) is 0 Å². The summed E-state index contributed by atoms with van der Waals surface area (Å²) in [6.07, 6.45) is 1.57. The van der Waals surface area contributed by atoms with Crippen molar-refractivity contribution in [3.63, 3.8) is 0 Å². The number of thiocarbonyl (C=S) groups is 1. The Labute approximate surface area is 176 Å².